The van der Waals surface area contributed by atoms with E-state index in [0.29, 0.717) is 12.0 Å². The lowest BCUT2D eigenvalue weighted by molar-refractivity contribution is 0.213. The fourth-order valence-corrected chi connectivity index (χ4v) is 4.98. The van der Waals surface area contributed by atoms with E-state index in [-0.39, 0.29) is 11.9 Å². The SMILES string of the molecule is COc1ccc(C2CN(C3CCc4cccc(F)c43)CC2N(C)C)cc1OC. The van der Waals surface area contributed by atoms with E-state index in [4.69, 9.17) is 9.47 Å². The van der Waals surface area contributed by atoms with Gasteiger partial charge < -0.3 is 14.4 Å². The number of hydrogen-bond donors (Lipinski definition) is 0. The minimum absolute atomic E-state index is 0.0593. The van der Waals surface area contributed by atoms with E-state index in [0.717, 1.165) is 43.0 Å². The van der Waals surface area contributed by atoms with Gasteiger partial charge in [0.05, 0.1) is 14.2 Å². The van der Waals surface area contributed by atoms with Gasteiger partial charge in [0.1, 0.15) is 5.82 Å². The zero-order valence-corrected chi connectivity index (χ0v) is 17.1. The van der Waals surface area contributed by atoms with E-state index in [9.17, 15) is 4.39 Å². The molecule has 150 valence electrons. The Bertz CT molecular complexity index is 854. The summed E-state index contributed by atoms with van der Waals surface area (Å²) in [6, 6.07) is 12.2. The maximum absolute atomic E-state index is 14.6. The van der Waals surface area contributed by atoms with Gasteiger partial charge in [0.25, 0.3) is 0 Å². The molecule has 1 saturated heterocycles. The third kappa shape index (κ3) is 3.27. The lowest BCUT2D eigenvalue weighted by atomic mass is 9.93. The molecule has 1 heterocycles. The first-order valence-corrected chi connectivity index (χ1v) is 9.93. The summed E-state index contributed by atoms with van der Waals surface area (Å²) in [5.74, 6) is 1.78. The van der Waals surface area contributed by atoms with Crippen molar-refractivity contribution in [2.24, 2.45) is 0 Å². The van der Waals surface area contributed by atoms with E-state index in [1.165, 1.54) is 11.1 Å². The van der Waals surface area contributed by atoms with Crippen LogP contribution in [0.15, 0.2) is 36.4 Å². The van der Waals surface area contributed by atoms with Crippen LogP contribution >= 0.6 is 0 Å². The second kappa shape index (κ2) is 7.72. The van der Waals surface area contributed by atoms with Crippen LogP contribution in [0.3, 0.4) is 0 Å². The number of nitrogens with zero attached hydrogens (tertiary/aromatic N) is 2. The molecule has 4 rings (SSSR count). The van der Waals surface area contributed by atoms with Crippen molar-refractivity contribution < 1.29 is 13.9 Å². The maximum atomic E-state index is 14.6. The fraction of sp³-hybridized carbons (Fsp3) is 0.478. The zero-order chi connectivity index (χ0) is 19.8. The number of fused-ring (bicyclic) bond motifs is 1. The standard InChI is InChI=1S/C23H29FN2O2/c1-25(2)20-14-26(19-10-8-15-6-5-7-18(24)23(15)19)13-17(20)16-9-11-21(27-3)22(12-16)28-4/h5-7,9,11-12,17,19-20H,8,10,13-14H2,1-4H3. The highest BCUT2D eigenvalue weighted by Gasteiger charge is 2.41. The van der Waals surface area contributed by atoms with Crippen molar-refractivity contribution in [3.63, 3.8) is 0 Å². The van der Waals surface area contributed by atoms with E-state index in [1.807, 2.05) is 12.1 Å². The van der Waals surface area contributed by atoms with Crippen molar-refractivity contribution in [2.75, 3.05) is 41.4 Å². The minimum Gasteiger partial charge on any atom is -0.493 e. The summed E-state index contributed by atoms with van der Waals surface area (Å²) in [4.78, 5) is 4.76. The van der Waals surface area contributed by atoms with Gasteiger partial charge in [-0.25, -0.2) is 4.39 Å². The molecule has 3 unspecified atom stereocenters. The van der Waals surface area contributed by atoms with Gasteiger partial charge in [-0.15, -0.1) is 0 Å². The van der Waals surface area contributed by atoms with Crippen LogP contribution in [0.5, 0.6) is 11.5 Å². The number of halogens is 1. The number of hydrogen-bond acceptors (Lipinski definition) is 4. The van der Waals surface area contributed by atoms with Gasteiger partial charge in [-0.2, -0.15) is 0 Å². The van der Waals surface area contributed by atoms with Crippen LogP contribution in [0.25, 0.3) is 0 Å². The molecule has 3 atom stereocenters. The molecule has 2 aliphatic rings. The highest BCUT2D eigenvalue weighted by atomic mass is 19.1. The average molecular weight is 384 g/mol. The van der Waals surface area contributed by atoms with Gasteiger partial charge in [0.2, 0.25) is 0 Å². The summed E-state index contributed by atoms with van der Waals surface area (Å²) in [5.41, 5.74) is 3.32. The Kier molecular flexibility index (Phi) is 5.30. The third-order valence-corrected chi connectivity index (χ3v) is 6.42. The fourth-order valence-electron chi connectivity index (χ4n) is 4.98. The molecule has 2 aromatic carbocycles. The highest BCUT2D eigenvalue weighted by Crippen LogP contribution is 2.43. The molecule has 0 amide bonds. The smallest absolute Gasteiger partial charge is 0.160 e. The highest BCUT2D eigenvalue weighted by molar-refractivity contribution is 5.45. The van der Waals surface area contributed by atoms with Crippen LogP contribution in [0.2, 0.25) is 0 Å². The summed E-state index contributed by atoms with van der Waals surface area (Å²) in [5, 5.41) is 0. The Morgan fingerprint density at radius 2 is 1.82 bits per heavy atom. The number of benzene rings is 2. The number of ether oxygens (including phenoxy) is 2. The number of methoxy groups -OCH3 is 2. The molecule has 2 aromatic rings. The van der Waals surface area contributed by atoms with E-state index in [1.54, 1.807) is 20.3 Å². The summed E-state index contributed by atoms with van der Waals surface area (Å²) >= 11 is 0. The molecule has 0 radical (unpaired) electrons. The molecular formula is C23H29FN2O2. The molecule has 0 aromatic heterocycles. The van der Waals surface area contributed by atoms with Gasteiger partial charge in [-0.1, -0.05) is 18.2 Å². The molecular weight excluding hydrogens is 355 g/mol. The normalized spacial score (nSPS) is 24.6. The molecule has 1 aliphatic carbocycles. The van der Waals surface area contributed by atoms with Crippen LogP contribution in [-0.4, -0.2) is 57.2 Å². The monoisotopic (exact) mass is 384 g/mol. The lowest BCUT2D eigenvalue weighted by Crippen LogP contribution is -2.35. The van der Waals surface area contributed by atoms with Crippen molar-refractivity contribution in [1.82, 2.24) is 9.80 Å². The summed E-state index contributed by atoms with van der Waals surface area (Å²) < 4.78 is 25.5. The first-order valence-electron chi connectivity index (χ1n) is 9.93. The van der Waals surface area contributed by atoms with Crippen molar-refractivity contribution in [3.05, 3.63) is 58.9 Å². The van der Waals surface area contributed by atoms with E-state index in [2.05, 4.69) is 42.1 Å². The Labute approximate surface area is 166 Å². The van der Waals surface area contributed by atoms with E-state index < -0.39 is 0 Å². The molecule has 0 N–H and O–H groups in total. The number of likely N-dealkylation sites (tertiary alicyclic amines) is 1. The molecule has 0 saturated carbocycles. The Hall–Kier alpha value is -2.11. The Balaban J connectivity index is 1.64. The van der Waals surface area contributed by atoms with Gasteiger partial charge >= 0.3 is 0 Å². The number of aryl methyl sites for hydroxylation is 1. The van der Waals surface area contributed by atoms with Crippen LogP contribution in [0.4, 0.5) is 4.39 Å². The molecule has 1 fully saturated rings. The van der Waals surface area contributed by atoms with Crippen molar-refractivity contribution in [1.29, 1.82) is 0 Å². The van der Waals surface area contributed by atoms with Crippen molar-refractivity contribution >= 4 is 0 Å². The van der Waals surface area contributed by atoms with Gasteiger partial charge in [0, 0.05) is 36.7 Å². The van der Waals surface area contributed by atoms with Crippen LogP contribution < -0.4 is 9.47 Å². The largest absolute Gasteiger partial charge is 0.493 e. The van der Waals surface area contributed by atoms with Crippen LogP contribution in [0, 0.1) is 5.82 Å². The first kappa shape index (κ1) is 19.2. The van der Waals surface area contributed by atoms with Gasteiger partial charge in [-0.05, 0) is 56.3 Å². The molecule has 0 spiro atoms. The molecule has 28 heavy (non-hydrogen) atoms. The predicted molar refractivity (Wildman–Crippen MR) is 109 cm³/mol. The van der Waals surface area contributed by atoms with Crippen LogP contribution in [0.1, 0.15) is 35.1 Å². The van der Waals surface area contributed by atoms with Gasteiger partial charge in [0.15, 0.2) is 11.5 Å². The third-order valence-electron chi connectivity index (χ3n) is 6.42. The minimum atomic E-state index is -0.0593. The first-order chi connectivity index (χ1) is 13.5. The predicted octanol–water partition coefficient (Wildman–Crippen LogP) is 3.86. The quantitative estimate of drug-likeness (QED) is 0.782. The Morgan fingerprint density at radius 3 is 2.54 bits per heavy atom. The van der Waals surface area contributed by atoms with E-state index >= 15 is 0 Å². The molecule has 4 nitrogen and oxygen atoms in total. The molecule has 0 bridgehead atoms. The lowest BCUT2D eigenvalue weighted by Gasteiger charge is -2.26. The number of likely N-dealkylation sites (N-methyl/N-ethyl adjacent to an activating group) is 1. The summed E-state index contributed by atoms with van der Waals surface area (Å²) in [7, 11) is 7.59. The van der Waals surface area contributed by atoms with Gasteiger partial charge in [-0.3, -0.25) is 4.90 Å². The second-order valence-corrected chi connectivity index (χ2v) is 8.07. The molecule has 1 aliphatic heterocycles. The zero-order valence-electron chi connectivity index (χ0n) is 17.1. The Morgan fingerprint density at radius 1 is 1.04 bits per heavy atom. The average Bonchev–Trinajstić information content (AvgIpc) is 3.32. The molecule has 5 heteroatoms. The van der Waals surface area contributed by atoms with Crippen LogP contribution in [-0.2, 0) is 6.42 Å². The topological polar surface area (TPSA) is 24.9 Å². The summed E-state index contributed by atoms with van der Waals surface area (Å²) in [6.45, 7) is 1.85. The van der Waals surface area contributed by atoms with Crippen molar-refractivity contribution in [2.45, 2.75) is 30.8 Å². The van der Waals surface area contributed by atoms with Crippen molar-refractivity contribution in [3.8, 4) is 11.5 Å². The maximum Gasteiger partial charge on any atom is 0.160 e. The number of rotatable bonds is 5. The summed E-state index contributed by atoms with van der Waals surface area (Å²) in [6.07, 6.45) is 1.96. The second-order valence-electron chi connectivity index (χ2n) is 8.07.